The summed E-state index contributed by atoms with van der Waals surface area (Å²) >= 11 is 0. The molecule has 3 aromatic carbocycles. The summed E-state index contributed by atoms with van der Waals surface area (Å²) in [5.74, 6) is -0.771. The van der Waals surface area contributed by atoms with Crippen molar-refractivity contribution in [1.29, 1.82) is 0 Å². The number of nitrogens with one attached hydrogen (secondary N) is 2. The molecule has 1 heterocycles. The molecule has 0 saturated heterocycles. The average Bonchev–Trinajstić information content (AvgIpc) is 2.88. The van der Waals surface area contributed by atoms with Crippen LogP contribution in [0.5, 0.6) is 0 Å². The molecule has 0 aromatic heterocycles. The van der Waals surface area contributed by atoms with Gasteiger partial charge < -0.3 is 10.6 Å². The van der Waals surface area contributed by atoms with E-state index in [0.717, 1.165) is 17.5 Å². The molecule has 7 nitrogen and oxygen atoms in total. The molecule has 2 N–H and O–H groups in total. The Morgan fingerprint density at radius 3 is 2.43 bits per heavy atom. The SMILES string of the molecule is CCC(C)NC(=O)c1ccccc1NC(=O)c1cccc(S(=O)(=O)N2CCc3ccccc3C2)c1. The lowest BCUT2D eigenvalue weighted by Crippen LogP contribution is -2.36. The minimum absolute atomic E-state index is 0.00472. The summed E-state index contributed by atoms with van der Waals surface area (Å²) in [6.07, 6.45) is 1.43. The van der Waals surface area contributed by atoms with E-state index in [1.165, 1.54) is 16.4 Å². The molecule has 1 aliphatic heterocycles. The first-order chi connectivity index (χ1) is 16.8. The summed E-state index contributed by atoms with van der Waals surface area (Å²) in [6.45, 7) is 4.57. The van der Waals surface area contributed by atoms with Gasteiger partial charge in [-0.1, -0.05) is 49.4 Å². The van der Waals surface area contributed by atoms with Gasteiger partial charge in [0.1, 0.15) is 0 Å². The zero-order valence-corrected chi connectivity index (χ0v) is 20.6. The van der Waals surface area contributed by atoms with E-state index in [-0.39, 0.29) is 22.4 Å². The molecule has 0 aliphatic carbocycles. The maximum absolute atomic E-state index is 13.3. The molecule has 0 saturated carbocycles. The van der Waals surface area contributed by atoms with Crippen LogP contribution in [-0.4, -0.2) is 37.1 Å². The van der Waals surface area contributed by atoms with E-state index >= 15 is 0 Å². The normalized spacial score (nSPS) is 14.6. The Kier molecular flexibility index (Phi) is 7.33. The van der Waals surface area contributed by atoms with Gasteiger partial charge in [0, 0.05) is 24.7 Å². The number of fused-ring (bicyclic) bond motifs is 1. The van der Waals surface area contributed by atoms with Crippen molar-refractivity contribution < 1.29 is 18.0 Å². The standard InChI is InChI=1S/C27H29N3O4S/c1-3-19(2)28-27(32)24-13-6-7-14-25(24)29-26(31)21-11-8-12-23(17-21)35(33,34)30-16-15-20-9-4-5-10-22(20)18-30/h4-14,17,19H,3,15-16,18H2,1-2H3,(H,28,32)(H,29,31). The summed E-state index contributed by atoms with van der Waals surface area (Å²) < 4.78 is 28.1. The lowest BCUT2D eigenvalue weighted by atomic mass is 10.0. The molecule has 1 aliphatic rings. The molecule has 0 fully saturated rings. The van der Waals surface area contributed by atoms with Gasteiger partial charge in [0.15, 0.2) is 0 Å². The van der Waals surface area contributed by atoms with Crippen LogP contribution >= 0.6 is 0 Å². The van der Waals surface area contributed by atoms with E-state index in [1.807, 2.05) is 38.1 Å². The summed E-state index contributed by atoms with van der Waals surface area (Å²) in [7, 11) is -3.78. The summed E-state index contributed by atoms with van der Waals surface area (Å²) in [4.78, 5) is 25.8. The quantitative estimate of drug-likeness (QED) is 0.517. The Hall–Kier alpha value is -3.49. The van der Waals surface area contributed by atoms with Crippen molar-refractivity contribution in [1.82, 2.24) is 9.62 Å². The fourth-order valence-corrected chi connectivity index (χ4v) is 5.48. The number of benzene rings is 3. The van der Waals surface area contributed by atoms with Crippen LogP contribution in [0.4, 0.5) is 5.69 Å². The van der Waals surface area contributed by atoms with Gasteiger partial charge in [0.25, 0.3) is 11.8 Å². The van der Waals surface area contributed by atoms with Gasteiger partial charge in [-0.25, -0.2) is 8.42 Å². The van der Waals surface area contributed by atoms with Gasteiger partial charge in [0.05, 0.1) is 16.1 Å². The molecule has 0 radical (unpaired) electrons. The van der Waals surface area contributed by atoms with Crippen molar-refractivity contribution in [3.63, 3.8) is 0 Å². The molecule has 1 unspecified atom stereocenters. The number of amides is 2. The van der Waals surface area contributed by atoms with Crippen LogP contribution in [0.15, 0.2) is 77.7 Å². The van der Waals surface area contributed by atoms with Gasteiger partial charge in [-0.2, -0.15) is 4.31 Å². The van der Waals surface area contributed by atoms with Crippen LogP contribution in [-0.2, 0) is 23.0 Å². The number of nitrogens with zero attached hydrogens (tertiary/aromatic N) is 1. The predicted octanol–water partition coefficient (Wildman–Crippen LogP) is 4.21. The molecular weight excluding hydrogens is 462 g/mol. The number of carbonyl (C=O) groups excluding carboxylic acids is 2. The van der Waals surface area contributed by atoms with Crippen molar-refractivity contribution in [2.24, 2.45) is 0 Å². The maximum atomic E-state index is 13.3. The van der Waals surface area contributed by atoms with Crippen LogP contribution in [0.1, 0.15) is 52.1 Å². The monoisotopic (exact) mass is 491 g/mol. The molecule has 8 heteroatoms. The minimum Gasteiger partial charge on any atom is -0.350 e. The number of hydrogen-bond donors (Lipinski definition) is 2. The number of hydrogen-bond acceptors (Lipinski definition) is 4. The second-order valence-corrected chi connectivity index (χ2v) is 10.6. The zero-order valence-electron chi connectivity index (χ0n) is 19.8. The highest BCUT2D eigenvalue weighted by Gasteiger charge is 2.28. The molecule has 0 bridgehead atoms. The van der Waals surface area contributed by atoms with Crippen LogP contribution in [0.2, 0.25) is 0 Å². The number of anilines is 1. The molecule has 3 aromatic rings. The van der Waals surface area contributed by atoms with Gasteiger partial charge in [-0.3, -0.25) is 9.59 Å². The highest BCUT2D eigenvalue weighted by molar-refractivity contribution is 7.89. The molecular formula is C27H29N3O4S. The number of sulfonamides is 1. The third-order valence-electron chi connectivity index (χ3n) is 6.24. The Morgan fingerprint density at radius 1 is 0.943 bits per heavy atom. The van der Waals surface area contributed by atoms with Crippen molar-refractivity contribution in [2.75, 3.05) is 11.9 Å². The molecule has 182 valence electrons. The second kappa shape index (κ2) is 10.4. The summed E-state index contributed by atoms with van der Waals surface area (Å²) in [5.41, 5.74) is 3.04. The third-order valence-corrected chi connectivity index (χ3v) is 8.08. The van der Waals surface area contributed by atoms with Gasteiger partial charge in [-0.15, -0.1) is 0 Å². The second-order valence-electron chi connectivity index (χ2n) is 8.67. The lowest BCUT2D eigenvalue weighted by molar-refractivity contribution is 0.0940. The van der Waals surface area contributed by atoms with Gasteiger partial charge >= 0.3 is 0 Å². The minimum atomic E-state index is -3.78. The Balaban J connectivity index is 1.54. The van der Waals surface area contributed by atoms with Crippen molar-refractivity contribution in [3.8, 4) is 0 Å². The largest absolute Gasteiger partial charge is 0.350 e. The van der Waals surface area contributed by atoms with E-state index in [9.17, 15) is 18.0 Å². The van der Waals surface area contributed by atoms with Gasteiger partial charge in [-0.05, 0) is 61.2 Å². The summed E-state index contributed by atoms with van der Waals surface area (Å²) in [6, 6.07) is 20.6. The number of rotatable bonds is 7. The van der Waals surface area contributed by atoms with Crippen LogP contribution in [0, 0.1) is 0 Å². The van der Waals surface area contributed by atoms with E-state index in [1.54, 1.807) is 36.4 Å². The Labute approximate surface area is 206 Å². The van der Waals surface area contributed by atoms with E-state index in [2.05, 4.69) is 10.6 Å². The maximum Gasteiger partial charge on any atom is 0.255 e. The highest BCUT2D eigenvalue weighted by atomic mass is 32.2. The molecule has 1 atom stereocenters. The molecule has 4 rings (SSSR count). The first-order valence-corrected chi connectivity index (χ1v) is 13.1. The third kappa shape index (κ3) is 5.44. The molecule has 2 amide bonds. The van der Waals surface area contributed by atoms with Crippen molar-refractivity contribution in [3.05, 3.63) is 95.1 Å². The smallest absolute Gasteiger partial charge is 0.255 e. The first kappa shape index (κ1) is 24.6. The van der Waals surface area contributed by atoms with Crippen molar-refractivity contribution in [2.45, 2.75) is 44.2 Å². The zero-order chi connectivity index (χ0) is 25.0. The first-order valence-electron chi connectivity index (χ1n) is 11.7. The van der Waals surface area contributed by atoms with Crippen LogP contribution < -0.4 is 10.6 Å². The van der Waals surface area contributed by atoms with E-state index < -0.39 is 15.9 Å². The highest BCUT2D eigenvalue weighted by Crippen LogP contribution is 2.26. The fourth-order valence-electron chi connectivity index (χ4n) is 4.01. The van der Waals surface area contributed by atoms with Crippen molar-refractivity contribution >= 4 is 27.5 Å². The fraction of sp³-hybridized carbons (Fsp3) is 0.259. The predicted molar refractivity (Wildman–Crippen MR) is 136 cm³/mol. The topological polar surface area (TPSA) is 95.6 Å². The van der Waals surface area contributed by atoms with Gasteiger partial charge in [0.2, 0.25) is 10.0 Å². The lowest BCUT2D eigenvalue weighted by Gasteiger charge is -2.28. The Bertz CT molecular complexity index is 1350. The number of carbonyl (C=O) groups is 2. The number of para-hydroxylation sites is 1. The summed E-state index contributed by atoms with van der Waals surface area (Å²) in [5, 5.41) is 5.66. The van der Waals surface area contributed by atoms with E-state index in [4.69, 9.17) is 0 Å². The average molecular weight is 492 g/mol. The van der Waals surface area contributed by atoms with Crippen LogP contribution in [0.25, 0.3) is 0 Å². The molecule has 0 spiro atoms. The molecule has 35 heavy (non-hydrogen) atoms. The Morgan fingerprint density at radius 2 is 1.66 bits per heavy atom. The van der Waals surface area contributed by atoms with Crippen LogP contribution in [0.3, 0.4) is 0 Å². The van der Waals surface area contributed by atoms with E-state index in [0.29, 0.717) is 30.8 Å².